The van der Waals surface area contributed by atoms with E-state index in [1.807, 2.05) is 45.2 Å². The van der Waals surface area contributed by atoms with E-state index in [0.717, 1.165) is 16.7 Å². The summed E-state index contributed by atoms with van der Waals surface area (Å²) in [5.41, 5.74) is 1.30. The molecule has 0 aliphatic rings. The van der Waals surface area contributed by atoms with Gasteiger partial charge in [0.1, 0.15) is 11.8 Å². The maximum Gasteiger partial charge on any atom is 0.332 e. The number of aliphatic hydroxyl groups is 1. The number of nitriles is 1. The van der Waals surface area contributed by atoms with E-state index in [2.05, 4.69) is 6.07 Å². The SMILES string of the molecule is Cc1ccc(Cl)cc1-n1cc([B]OC(C)(C)C(C)(C)O)cc1C#N. The van der Waals surface area contributed by atoms with Gasteiger partial charge in [-0.3, -0.25) is 0 Å². The fourth-order valence-electron chi connectivity index (χ4n) is 2.03. The van der Waals surface area contributed by atoms with Crippen LogP contribution >= 0.6 is 11.6 Å². The molecule has 4 nitrogen and oxygen atoms in total. The fraction of sp³-hybridized carbons (Fsp3) is 0.389. The second kappa shape index (κ2) is 6.64. The van der Waals surface area contributed by atoms with E-state index in [4.69, 9.17) is 16.3 Å². The number of rotatable bonds is 5. The number of aromatic nitrogens is 1. The van der Waals surface area contributed by atoms with E-state index in [1.165, 1.54) is 0 Å². The van der Waals surface area contributed by atoms with E-state index in [-0.39, 0.29) is 0 Å². The largest absolute Gasteiger partial charge is 0.427 e. The summed E-state index contributed by atoms with van der Waals surface area (Å²) in [5, 5.41) is 20.2. The Kier molecular flexibility index (Phi) is 5.15. The summed E-state index contributed by atoms with van der Waals surface area (Å²) >= 11 is 6.08. The predicted molar refractivity (Wildman–Crippen MR) is 97.1 cm³/mol. The van der Waals surface area contributed by atoms with E-state index >= 15 is 0 Å². The lowest BCUT2D eigenvalue weighted by Crippen LogP contribution is -2.49. The molecule has 125 valence electrons. The van der Waals surface area contributed by atoms with Gasteiger partial charge in [0.05, 0.1) is 16.9 Å². The third-order valence-electron chi connectivity index (χ3n) is 4.35. The average Bonchev–Trinajstić information content (AvgIpc) is 2.90. The molecule has 2 rings (SSSR count). The molecule has 6 heteroatoms. The van der Waals surface area contributed by atoms with Gasteiger partial charge in [0.2, 0.25) is 0 Å². The molecule has 24 heavy (non-hydrogen) atoms. The maximum atomic E-state index is 10.2. The van der Waals surface area contributed by atoms with Crippen molar-refractivity contribution in [3.05, 3.63) is 46.7 Å². The van der Waals surface area contributed by atoms with Crippen molar-refractivity contribution in [2.75, 3.05) is 0 Å². The smallest absolute Gasteiger partial charge is 0.332 e. The lowest BCUT2D eigenvalue weighted by atomic mass is 9.84. The Morgan fingerprint density at radius 2 is 1.92 bits per heavy atom. The van der Waals surface area contributed by atoms with Crippen molar-refractivity contribution in [2.45, 2.75) is 45.8 Å². The quantitative estimate of drug-likeness (QED) is 0.849. The van der Waals surface area contributed by atoms with Crippen molar-refractivity contribution in [3.63, 3.8) is 0 Å². The van der Waals surface area contributed by atoms with Crippen molar-refractivity contribution in [1.82, 2.24) is 4.57 Å². The third-order valence-corrected chi connectivity index (χ3v) is 4.58. The van der Waals surface area contributed by atoms with Crippen LogP contribution in [0.1, 0.15) is 39.0 Å². The molecule has 1 aromatic heterocycles. The van der Waals surface area contributed by atoms with Gasteiger partial charge < -0.3 is 14.3 Å². The van der Waals surface area contributed by atoms with Crippen LogP contribution in [0.25, 0.3) is 5.69 Å². The van der Waals surface area contributed by atoms with Gasteiger partial charge in [0.15, 0.2) is 0 Å². The van der Waals surface area contributed by atoms with Gasteiger partial charge in [-0.2, -0.15) is 5.26 Å². The van der Waals surface area contributed by atoms with Crippen LogP contribution < -0.4 is 5.46 Å². The van der Waals surface area contributed by atoms with Gasteiger partial charge in [-0.1, -0.05) is 17.7 Å². The highest BCUT2D eigenvalue weighted by Crippen LogP contribution is 2.25. The zero-order chi connectivity index (χ0) is 18.1. The van der Waals surface area contributed by atoms with Crippen molar-refractivity contribution in [2.24, 2.45) is 0 Å². The third kappa shape index (κ3) is 3.84. The topological polar surface area (TPSA) is 58.2 Å². The highest BCUT2D eigenvalue weighted by atomic mass is 35.5. The highest BCUT2D eigenvalue weighted by molar-refractivity contribution is 6.47. The summed E-state index contributed by atoms with van der Waals surface area (Å²) in [6, 6.07) is 9.47. The van der Waals surface area contributed by atoms with Crippen LogP contribution in [0.3, 0.4) is 0 Å². The van der Waals surface area contributed by atoms with Crippen LogP contribution in [0.2, 0.25) is 5.02 Å². The van der Waals surface area contributed by atoms with Gasteiger partial charge >= 0.3 is 7.48 Å². The Balaban J connectivity index is 2.32. The van der Waals surface area contributed by atoms with Crippen LogP contribution in [0.5, 0.6) is 0 Å². The van der Waals surface area contributed by atoms with Gasteiger partial charge in [-0.25, -0.2) is 0 Å². The molecule has 0 aliphatic heterocycles. The molecule has 0 unspecified atom stereocenters. The molecule has 0 spiro atoms. The van der Waals surface area contributed by atoms with Gasteiger partial charge in [-0.15, -0.1) is 0 Å². The number of halogens is 1. The molecule has 0 saturated heterocycles. The first-order chi connectivity index (χ1) is 11.0. The molecular formula is C18H21BClN2O2. The number of hydrogen-bond acceptors (Lipinski definition) is 3. The van der Waals surface area contributed by atoms with Crippen LogP contribution in [0, 0.1) is 18.3 Å². The van der Waals surface area contributed by atoms with E-state index < -0.39 is 11.2 Å². The van der Waals surface area contributed by atoms with Crippen molar-refractivity contribution in [3.8, 4) is 11.8 Å². The number of benzene rings is 1. The van der Waals surface area contributed by atoms with E-state index in [9.17, 15) is 10.4 Å². The molecule has 0 fully saturated rings. The average molecular weight is 344 g/mol. The number of aryl methyl sites for hydroxylation is 1. The standard InChI is InChI=1S/C18H21BClN2O2/c1-12-6-7-14(20)9-16(12)22-11-13(8-15(22)10-21)19-24-18(4,5)17(2,3)23/h6-9,11,23H,1-5H3. The molecule has 1 heterocycles. The second-order valence-electron chi connectivity index (χ2n) is 6.88. The summed E-state index contributed by atoms with van der Waals surface area (Å²) in [6.07, 6.45) is 1.82. The summed E-state index contributed by atoms with van der Waals surface area (Å²) in [4.78, 5) is 0. The summed E-state index contributed by atoms with van der Waals surface area (Å²) in [5.74, 6) is 0. The molecule has 0 amide bonds. The fourth-order valence-corrected chi connectivity index (χ4v) is 2.20. The summed E-state index contributed by atoms with van der Waals surface area (Å²) in [7, 11) is 1.56. The minimum absolute atomic E-state index is 0.483. The van der Waals surface area contributed by atoms with Gasteiger partial charge in [-0.05, 0) is 63.8 Å². The lowest BCUT2D eigenvalue weighted by molar-refractivity contribution is -0.0893. The summed E-state index contributed by atoms with van der Waals surface area (Å²) < 4.78 is 7.54. The molecule has 0 saturated carbocycles. The van der Waals surface area contributed by atoms with Crippen molar-refractivity contribution >= 4 is 24.5 Å². The first-order valence-electron chi connectivity index (χ1n) is 7.67. The Hall–Kier alpha value is -1.74. The van der Waals surface area contributed by atoms with Gasteiger partial charge in [0.25, 0.3) is 0 Å². The Morgan fingerprint density at radius 3 is 2.50 bits per heavy atom. The van der Waals surface area contributed by atoms with Crippen LogP contribution in [0.15, 0.2) is 30.5 Å². The highest BCUT2D eigenvalue weighted by Gasteiger charge is 2.35. The zero-order valence-electron chi connectivity index (χ0n) is 14.6. The minimum atomic E-state index is -1.01. The molecule has 1 aromatic carbocycles. The molecule has 1 radical (unpaired) electrons. The Bertz CT molecular complexity index is 785. The normalized spacial score (nSPS) is 12.1. The first-order valence-corrected chi connectivity index (χ1v) is 8.05. The van der Waals surface area contributed by atoms with E-state index in [0.29, 0.717) is 10.7 Å². The van der Waals surface area contributed by atoms with Crippen molar-refractivity contribution < 1.29 is 9.76 Å². The minimum Gasteiger partial charge on any atom is -0.427 e. The van der Waals surface area contributed by atoms with Gasteiger partial charge in [0, 0.05) is 11.2 Å². The van der Waals surface area contributed by atoms with Crippen LogP contribution in [-0.2, 0) is 4.65 Å². The maximum absolute atomic E-state index is 10.2. The molecular weight excluding hydrogens is 322 g/mol. The predicted octanol–water partition coefficient (Wildman–Crippen LogP) is 3.12. The molecule has 2 aromatic rings. The zero-order valence-corrected chi connectivity index (χ0v) is 15.3. The van der Waals surface area contributed by atoms with Crippen molar-refractivity contribution in [1.29, 1.82) is 5.26 Å². The summed E-state index contributed by atoms with van der Waals surface area (Å²) in [6.45, 7) is 8.98. The van der Waals surface area contributed by atoms with Crippen LogP contribution in [-0.4, -0.2) is 28.4 Å². The monoisotopic (exact) mass is 343 g/mol. The Labute approximate surface area is 148 Å². The second-order valence-corrected chi connectivity index (χ2v) is 7.31. The lowest BCUT2D eigenvalue weighted by Gasteiger charge is -2.37. The van der Waals surface area contributed by atoms with E-state index in [1.54, 1.807) is 32.0 Å². The first kappa shape index (κ1) is 18.6. The van der Waals surface area contributed by atoms with Crippen LogP contribution in [0.4, 0.5) is 0 Å². The number of hydrogen-bond donors (Lipinski definition) is 1. The molecule has 1 N–H and O–H groups in total. The number of nitrogens with zero attached hydrogens (tertiary/aromatic N) is 2. The Morgan fingerprint density at radius 1 is 1.25 bits per heavy atom. The molecule has 0 atom stereocenters. The molecule has 0 aliphatic carbocycles. The molecule has 0 bridgehead atoms.